The van der Waals surface area contributed by atoms with Gasteiger partial charge in [0, 0.05) is 17.7 Å². The van der Waals surface area contributed by atoms with E-state index in [-0.39, 0.29) is 23.2 Å². The first-order valence-corrected chi connectivity index (χ1v) is 9.49. The molecule has 31 heavy (non-hydrogen) atoms. The molecule has 0 radical (unpaired) electrons. The summed E-state index contributed by atoms with van der Waals surface area (Å²) in [5, 5.41) is 4.61. The van der Waals surface area contributed by atoms with E-state index in [2.05, 4.69) is 10.6 Å². The van der Waals surface area contributed by atoms with Crippen molar-refractivity contribution in [1.82, 2.24) is 10.6 Å². The van der Waals surface area contributed by atoms with E-state index in [0.29, 0.717) is 5.75 Å². The maximum atomic E-state index is 14.4. The summed E-state index contributed by atoms with van der Waals surface area (Å²) < 4.78 is 51.7. The smallest absolute Gasteiger partial charge is 0.407 e. The van der Waals surface area contributed by atoms with Gasteiger partial charge in [0.1, 0.15) is 23.2 Å². The Hall–Kier alpha value is -3.23. The van der Waals surface area contributed by atoms with Crippen molar-refractivity contribution in [3.05, 3.63) is 65.0 Å². The normalized spacial score (nSPS) is 12.3. The van der Waals surface area contributed by atoms with Crippen LogP contribution in [0.1, 0.15) is 48.3 Å². The van der Waals surface area contributed by atoms with E-state index in [1.165, 1.54) is 43.5 Å². The fourth-order valence-corrected chi connectivity index (χ4v) is 2.75. The lowest BCUT2D eigenvalue weighted by molar-refractivity contribution is 0.0522. The van der Waals surface area contributed by atoms with E-state index in [1.54, 1.807) is 20.8 Å². The van der Waals surface area contributed by atoms with Gasteiger partial charge >= 0.3 is 6.09 Å². The van der Waals surface area contributed by atoms with Crippen molar-refractivity contribution in [2.24, 2.45) is 0 Å². The molecule has 0 aliphatic heterocycles. The monoisotopic (exact) mass is 438 g/mol. The second-order valence-corrected chi connectivity index (χ2v) is 7.68. The van der Waals surface area contributed by atoms with Crippen LogP contribution in [0.4, 0.5) is 18.0 Å². The Bertz CT molecular complexity index is 912. The lowest BCUT2D eigenvalue weighted by Gasteiger charge is -2.21. The van der Waals surface area contributed by atoms with Crippen molar-refractivity contribution in [3.8, 4) is 5.75 Å². The molecule has 0 saturated heterocycles. The van der Waals surface area contributed by atoms with E-state index >= 15 is 0 Å². The minimum absolute atomic E-state index is 0.145. The van der Waals surface area contributed by atoms with Crippen LogP contribution < -0.4 is 15.4 Å². The van der Waals surface area contributed by atoms with Crippen LogP contribution in [0.25, 0.3) is 0 Å². The van der Waals surface area contributed by atoms with Crippen molar-refractivity contribution in [1.29, 1.82) is 0 Å². The highest BCUT2D eigenvalue weighted by molar-refractivity contribution is 5.96. The van der Waals surface area contributed by atoms with Crippen molar-refractivity contribution >= 4 is 12.0 Å². The van der Waals surface area contributed by atoms with Crippen molar-refractivity contribution < 1.29 is 32.2 Å². The molecule has 0 unspecified atom stereocenters. The number of hydrogen-bond donors (Lipinski definition) is 2. The first-order valence-electron chi connectivity index (χ1n) is 9.49. The minimum Gasteiger partial charge on any atom is -0.497 e. The number of alkyl carbamates (subject to hydrolysis) is 1. The average molecular weight is 438 g/mol. The minimum atomic E-state index is -2.91. The number of rotatable bonds is 7. The molecule has 0 spiro atoms. The van der Waals surface area contributed by atoms with Gasteiger partial charge in [-0.25, -0.2) is 18.0 Å². The molecule has 1 atom stereocenters. The van der Waals surface area contributed by atoms with E-state index in [0.717, 1.165) is 6.07 Å². The van der Waals surface area contributed by atoms with Gasteiger partial charge in [-0.05, 0) is 50.6 Å². The number of carbonyl (C=O) groups excluding carboxylic acids is 2. The molecular weight excluding hydrogens is 413 g/mol. The van der Waals surface area contributed by atoms with E-state index in [4.69, 9.17) is 9.47 Å². The Morgan fingerprint density at radius 3 is 2.26 bits per heavy atom. The zero-order valence-corrected chi connectivity index (χ0v) is 17.7. The number of nitrogens with one attached hydrogen (secondary N) is 2. The predicted octanol–water partition coefficient (Wildman–Crippen LogP) is 4.60. The fourth-order valence-electron chi connectivity index (χ4n) is 2.75. The molecule has 0 heterocycles. The lowest BCUT2D eigenvalue weighted by atomic mass is 10.0. The molecule has 2 N–H and O–H groups in total. The van der Waals surface area contributed by atoms with Crippen LogP contribution in [0.3, 0.4) is 0 Å². The second kappa shape index (κ2) is 10.2. The van der Waals surface area contributed by atoms with Crippen LogP contribution in [0.5, 0.6) is 5.75 Å². The third kappa shape index (κ3) is 6.91. The Morgan fingerprint density at radius 2 is 1.71 bits per heavy atom. The summed E-state index contributed by atoms with van der Waals surface area (Å²) in [6.07, 6.45) is -3.71. The second-order valence-electron chi connectivity index (χ2n) is 7.68. The summed E-state index contributed by atoms with van der Waals surface area (Å²) in [5.74, 6) is -1.19. The number of alkyl halides is 2. The molecule has 0 saturated carbocycles. The maximum absolute atomic E-state index is 14.4. The zero-order chi connectivity index (χ0) is 23.2. The van der Waals surface area contributed by atoms with Gasteiger partial charge in [-0.1, -0.05) is 18.2 Å². The predicted molar refractivity (Wildman–Crippen MR) is 109 cm³/mol. The number of halogens is 3. The Labute approximate surface area is 178 Å². The van der Waals surface area contributed by atoms with Gasteiger partial charge < -0.3 is 20.1 Å². The van der Waals surface area contributed by atoms with Crippen LogP contribution in [-0.4, -0.2) is 31.1 Å². The molecule has 2 aromatic rings. The van der Waals surface area contributed by atoms with Crippen molar-refractivity contribution in [2.45, 2.75) is 45.4 Å². The number of methoxy groups -OCH3 is 1. The Balaban J connectivity index is 2.21. The van der Waals surface area contributed by atoms with Crippen LogP contribution in [0, 0.1) is 5.82 Å². The highest BCUT2D eigenvalue weighted by Crippen LogP contribution is 2.24. The van der Waals surface area contributed by atoms with Gasteiger partial charge in [0.15, 0.2) is 0 Å². The summed E-state index contributed by atoms with van der Waals surface area (Å²) >= 11 is 0. The van der Waals surface area contributed by atoms with Crippen molar-refractivity contribution in [3.63, 3.8) is 0 Å². The van der Waals surface area contributed by atoms with Crippen molar-refractivity contribution in [2.75, 3.05) is 7.11 Å². The molecule has 0 aliphatic rings. The first-order chi connectivity index (χ1) is 14.5. The van der Waals surface area contributed by atoms with Gasteiger partial charge in [-0.15, -0.1) is 0 Å². The SMILES string of the molecule is COc1ccc([C@H](NC(=O)c2cccc(F)c2CNC(=O)OC(C)(C)C)C(F)F)cc1. The van der Waals surface area contributed by atoms with Gasteiger partial charge in [-0.3, -0.25) is 4.79 Å². The zero-order valence-electron chi connectivity index (χ0n) is 17.7. The molecule has 0 fully saturated rings. The number of benzene rings is 2. The molecule has 0 aromatic heterocycles. The standard InChI is InChI=1S/C22H25F3N2O4/c1-22(2,3)31-21(29)26-12-16-15(6-5-7-17(16)23)20(28)27-18(19(24)25)13-8-10-14(30-4)11-9-13/h5-11,18-19H,12H2,1-4H3,(H,26,29)(H,27,28)/t18-/m0/s1. The summed E-state index contributed by atoms with van der Waals surface area (Å²) in [4.78, 5) is 24.6. The number of hydrogen-bond acceptors (Lipinski definition) is 4. The molecule has 9 heteroatoms. The summed E-state index contributed by atoms with van der Waals surface area (Å²) in [6.45, 7) is 4.64. The highest BCUT2D eigenvalue weighted by Gasteiger charge is 2.27. The molecular formula is C22H25F3N2O4. The highest BCUT2D eigenvalue weighted by atomic mass is 19.3. The summed E-state index contributed by atoms with van der Waals surface area (Å²) in [5.41, 5.74) is -0.916. The molecule has 2 rings (SSSR count). The Kier molecular flexibility index (Phi) is 7.90. The summed E-state index contributed by atoms with van der Waals surface area (Å²) in [7, 11) is 1.44. The van der Waals surface area contributed by atoms with Gasteiger partial charge in [-0.2, -0.15) is 0 Å². The topological polar surface area (TPSA) is 76.7 Å². The third-order valence-electron chi connectivity index (χ3n) is 4.19. The lowest BCUT2D eigenvalue weighted by Crippen LogP contribution is -2.35. The van der Waals surface area contributed by atoms with Gasteiger partial charge in [0.25, 0.3) is 12.3 Å². The molecule has 0 bridgehead atoms. The molecule has 0 aliphatic carbocycles. The van der Waals surface area contributed by atoms with Crippen LogP contribution in [0.2, 0.25) is 0 Å². The van der Waals surface area contributed by atoms with Crippen LogP contribution in [0.15, 0.2) is 42.5 Å². The fraction of sp³-hybridized carbons (Fsp3) is 0.364. The number of ether oxygens (including phenoxy) is 2. The largest absolute Gasteiger partial charge is 0.497 e. The van der Waals surface area contributed by atoms with Crippen LogP contribution in [-0.2, 0) is 11.3 Å². The molecule has 2 amide bonds. The van der Waals surface area contributed by atoms with E-state index < -0.39 is 35.9 Å². The first kappa shape index (κ1) is 24.0. The third-order valence-corrected chi connectivity index (χ3v) is 4.19. The molecule has 6 nitrogen and oxygen atoms in total. The molecule has 2 aromatic carbocycles. The Morgan fingerprint density at radius 1 is 1.06 bits per heavy atom. The van der Waals surface area contributed by atoms with Gasteiger partial charge in [0.05, 0.1) is 7.11 Å². The average Bonchev–Trinajstić information content (AvgIpc) is 2.69. The van der Waals surface area contributed by atoms with Gasteiger partial charge in [0.2, 0.25) is 0 Å². The van der Waals surface area contributed by atoms with E-state index in [1.807, 2.05) is 0 Å². The summed E-state index contributed by atoms with van der Waals surface area (Å²) in [6, 6.07) is 7.88. The van der Waals surface area contributed by atoms with Crippen LogP contribution >= 0.6 is 0 Å². The number of amides is 2. The van der Waals surface area contributed by atoms with E-state index in [9.17, 15) is 22.8 Å². The quantitative estimate of drug-likeness (QED) is 0.663. The maximum Gasteiger partial charge on any atom is 0.407 e. The number of carbonyl (C=O) groups is 2. The molecule has 168 valence electrons.